The Morgan fingerprint density at radius 2 is 1.94 bits per heavy atom. The topological polar surface area (TPSA) is 23.8 Å². The van der Waals surface area contributed by atoms with Gasteiger partial charge in [-0.2, -0.15) is 5.26 Å². The Bertz CT molecular complexity index is 411. The van der Waals surface area contributed by atoms with Gasteiger partial charge in [-0.1, -0.05) is 36.7 Å². The number of hydrogen-bond acceptors (Lipinski definition) is 1. The van der Waals surface area contributed by atoms with Gasteiger partial charge in [0.1, 0.15) is 0 Å². The summed E-state index contributed by atoms with van der Waals surface area (Å²) in [5, 5.41) is 10.2. The minimum Gasteiger partial charge on any atom is -0.197 e. The van der Waals surface area contributed by atoms with Gasteiger partial charge in [-0.3, -0.25) is 0 Å². The van der Waals surface area contributed by atoms with Crippen molar-refractivity contribution in [3.8, 4) is 6.07 Å². The van der Waals surface area contributed by atoms with E-state index in [1.165, 1.54) is 0 Å². The molecular formula is C14H16ClN. The fourth-order valence-corrected chi connectivity index (χ4v) is 2.86. The second-order valence-electron chi connectivity index (χ2n) is 4.86. The van der Waals surface area contributed by atoms with Crippen LogP contribution in [0.4, 0.5) is 0 Å². The lowest BCUT2D eigenvalue weighted by Crippen LogP contribution is -2.29. The molecule has 0 N–H and O–H groups in total. The minimum absolute atomic E-state index is 0.342. The summed E-state index contributed by atoms with van der Waals surface area (Å²) < 4.78 is 0. The second-order valence-corrected chi connectivity index (χ2v) is 5.26. The maximum Gasteiger partial charge on any atom is 0.0836 e. The van der Waals surface area contributed by atoms with Gasteiger partial charge in [0.25, 0.3) is 0 Å². The lowest BCUT2D eigenvalue weighted by Gasteiger charge is -2.34. The zero-order chi connectivity index (χ0) is 11.6. The van der Waals surface area contributed by atoms with Gasteiger partial charge < -0.3 is 0 Å². The van der Waals surface area contributed by atoms with Gasteiger partial charge in [-0.25, -0.2) is 0 Å². The van der Waals surface area contributed by atoms with Crippen LogP contribution < -0.4 is 0 Å². The number of nitrogens with zero attached hydrogens (tertiary/aromatic N) is 1. The predicted molar refractivity (Wildman–Crippen MR) is 66.4 cm³/mol. The summed E-state index contributed by atoms with van der Waals surface area (Å²) in [6, 6.07) is 10.3. The number of benzene rings is 1. The molecular weight excluding hydrogens is 218 g/mol. The first kappa shape index (κ1) is 11.5. The van der Waals surface area contributed by atoms with E-state index in [0.29, 0.717) is 0 Å². The normalized spacial score (nSPS) is 29.7. The van der Waals surface area contributed by atoms with Crippen LogP contribution in [0.2, 0.25) is 5.02 Å². The third kappa shape index (κ3) is 1.95. The van der Waals surface area contributed by atoms with Crippen LogP contribution in [0.25, 0.3) is 0 Å². The molecule has 1 saturated carbocycles. The molecule has 0 bridgehead atoms. The van der Waals surface area contributed by atoms with Crippen LogP contribution >= 0.6 is 11.6 Å². The highest BCUT2D eigenvalue weighted by Gasteiger charge is 2.37. The molecule has 1 nitrogen and oxygen atoms in total. The van der Waals surface area contributed by atoms with Crippen LogP contribution in [0, 0.1) is 17.2 Å². The average molecular weight is 234 g/mol. The Labute approximate surface area is 102 Å². The summed E-state index contributed by atoms with van der Waals surface area (Å²) in [6.45, 7) is 2.26. The molecule has 0 atom stereocenters. The van der Waals surface area contributed by atoms with Crippen LogP contribution in [0.1, 0.15) is 38.2 Å². The molecule has 2 heteroatoms. The quantitative estimate of drug-likeness (QED) is 0.709. The molecule has 1 fully saturated rings. The molecule has 2 rings (SSSR count). The van der Waals surface area contributed by atoms with Crippen LogP contribution in [-0.4, -0.2) is 0 Å². The third-order valence-electron chi connectivity index (χ3n) is 3.73. The predicted octanol–water partition coefficient (Wildman–Crippen LogP) is 4.31. The van der Waals surface area contributed by atoms with Crippen molar-refractivity contribution in [2.45, 2.75) is 38.0 Å². The Hall–Kier alpha value is -1.00. The van der Waals surface area contributed by atoms with Crippen LogP contribution in [0.3, 0.4) is 0 Å². The molecule has 0 heterocycles. The molecule has 0 aliphatic heterocycles. The van der Waals surface area contributed by atoms with Gasteiger partial charge in [0.2, 0.25) is 0 Å². The van der Waals surface area contributed by atoms with Crippen LogP contribution in [0.5, 0.6) is 0 Å². The first-order valence-corrected chi connectivity index (χ1v) is 6.22. The lowest BCUT2D eigenvalue weighted by molar-refractivity contribution is 0.294. The van der Waals surface area contributed by atoms with E-state index in [2.05, 4.69) is 13.0 Å². The lowest BCUT2D eigenvalue weighted by atomic mass is 9.68. The Kier molecular flexibility index (Phi) is 3.21. The maximum absolute atomic E-state index is 9.50. The van der Waals surface area contributed by atoms with Gasteiger partial charge in [0.15, 0.2) is 0 Å². The number of halogens is 1. The van der Waals surface area contributed by atoms with Gasteiger partial charge >= 0.3 is 0 Å². The number of rotatable bonds is 1. The molecule has 16 heavy (non-hydrogen) atoms. The third-order valence-corrected chi connectivity index (χ3v) is 4.06. The summed E-state index contributed by atoms with van der Waals surface area (Å²) in [7, 11) is 0. The molecule has 0 spiro atoms. The van der Waals surface area contributed by atoms with Crippen molar-refractivity contribution in [1.82, 2.24) is 0 Å². The highest BCUT2D eigenvalue weighted by Crippen LogP contribution is 2.43. The fourth-order valence-electron chi connectivity index (χ4n) is 2.55. The molecule has 1 aromatic rings. The van der Waals surface area contributed by atoms with Crippen molar-refractivity contribution in [3.05, 3.63) is 34.9 Å². The standard InChI is InChI=1S/C14H16ClN/c1-11-6-8-14(10-16,9-7-11)12-4-2-3-5-13(12)15/h2-5,11H,6-9H2,1H3. The molecule has 0 aromatic heterocycles. The Morgan fingerprint density at radius 1 is 1.31 bits per heavy atom. The second kappa shape index (κ2) is 4.47. The van der Waals surface area contributed by atoms with E-state index in [0.717, 1.165) is 42.2 Å². The smallest absolute Gasteiger partial charge is 0.0836 e. The van der Waals surface area contributed by atoms with Crippen molar-refractivity contribution in [3.63, 3.8) is 0 Å². The Morgan fingerprint density at radius 3 is 2.50 bits per heavy atom. The van der Waals surface area contributed by atoms with E-state index in [4.69, 9.17) is 11.6 Å². The zero-order valence-electron chi connectivity index (χ0n) is 9.54. The van der Waals surface area contributed by atoms with Crippen LogP contribution in [0.15, 0.2) is 24.3 Å². The summed E-state index contributed by atoms with van der Waals surface area (Å²) in [5.41, 5.74) is 0.677. The average Bonchev–Trinajstić information content (AvgIpc) is 2.32. The van der Waals surface area contributed by atoms with E-state index in [9.17, 15) is 5.26 Å². The van der Waals surface area contributed by atoms with Gasteiger partial charge in [-0.15, -0.1) is 0 Å². The fraction of sp³-hybridized carbons (Fsp3) is 0.500. The van der Waals surface area contributed by atoms with Gasteiger partial charge in [0, 0.05) is 5.02 Å². The van der Waals surface area contributed by atoms with E-state index >= 15 is 0 Å². The summed E-state index contributed by atoms with van der Waals surface area (Å²) in [5.74, 6) is 0.740. The van der Waals surface area contributed by atoms with Gasteiger partial charge in [-0.05, 0) is 43.2 Å². The van der Waals surface area contributed by atoms with E-state index in [1.807, 2.05) is 24.3 Å². The van der Waals surface area contributed by atoms with Crippen molar-refractivity contribution >= 4 is 11.6 Å². The minimum atomic E-state index is -0.342. The number of hydrogen-bond donors (Lipinski definition) is 0. The van der Waals surface area contributed by atoms with Crippen LogP contribution in [-0.2, 0) is 5.41 Å². The van der Waals surface area contributed by atoms with Crippen molar-refractivity contribution in [2.75, 3.05) is 0 Å². The first-order chi connectivity index (χ1) is 7.68. The highest BCUT2D eigenvalue weighted by molar-refractivity contribution is 6.31. The molecule has 0 unspecified atom stereocenters. The molecule has 84 valence electrons. The molecule has 0 radical (unpaired) electrons. The molecule has 1 aliphatic rings. The molecule has 0 saturated heterocycles. The maximum atomic E-state index is 9.50. The zero-order valence-corrected chi connectivity index (χ0v) is 10.3. The molecule has 1 aromatic carbocycles. The summed E-state index contributed by atoms with van der Waals surface area (Å²) in [4.78, 5) is 0. The van der Waals surface area contributed by atoms with E-state index in [-0.39, 0.29) is 5.41 Å². The monoisotopic (exact) mass is 233 g/mol. The van der Waals surface area contributed by atoms with E-state index < -0.39 is 0 Å². The van der Waals surface area contributed by atoms with Crippen molar-refractivity contribution in [2.24, 2.45) is 5.92 Å². The molecule has 0 amide bonds. The van der Waals surface area contributed by atoms with E-state index in [1.54, 1.807) is 0 Å². The van der Waals surface area contributed by atoms with Crippen molar-refractivity contribution < 1.29 is 0 Å². The summed E-state index contributed by atoms with van der Waals surface area (Å²) in [6.07, 6.45) is 4.13. The SMILES string of the molecule is CC1CCC(C#N)(c2ccccc2Cl)CC1. The first-order valence-electron chi connectivity index (χ1n) is 5.84. The number of nitriles is 1. The molecule has 1 aliphatic carbocycles. The van der Waals surface area contributed by atoms with Gasteiger partial charge in [0.05, 0.1) is 11.5 Å². The highest BCUT2D eigenvalue weighted by atomic mass is 35.5. The summed E-state index contributed by atoms with van der Waals surface area (Å²) >= 11 is 6.21. The Balaban J connectivity index is 2.37. The van der Waals surface area contributed by atoms with Crippen molar-refractivity contribution in [1.29, 1.82) is 5.26 Å². The largest absolute Gasteiger partial charge is 0.197 e.